The van der Waals surface area contributed by atoms with Gasteiger partial charge in [0.2, 0.25) is 0 Å². The van der Waals surface area contributed by atoms with Crippen LogP contribution in [0.15, 0.2) is 23.3 Å². The number of carbonyl (C=O) groups is 1. The maximum atomic E-state index is 11.9. The Morgan fingerprint density at radius 2 is 1.96 bits per heavy atom. The first-order valence-electron chi connectivity index (χ1n) is 8.35. The minimum atomic E-state index is -0.0980. The van der Waals surface area contributed by atoms with Crippen LogP contribution >= 0.6 is 0 Å². The van der Waals surface area contributed by atoms with Gasteiger partial charge in [0, 0.05) is 0 Å². The van der Waals surface area contributed by atoms with Crippen LogP contribution in [-0.2, 0) is 9.53 Å². The summed E-state index contributed by atoms with van der Waals surface area (Å²) < 4.78 is 16.4. The van der Waals surface area contributed by atoms with Gasteiger partial charge < -0.3 is 19.1 Å². The average Bonchev–Trinajstić information content (AvgIpc) is 2.58. The molecule has 7 nitrogen and oxygen atoms in total. The van der Waals surface area contributed by atoms with Crippen LogP contribution in [0, 0.1) is 0 Å². The van der Waals surface area contributed by atoms with E-state index in [0.29, 0.717) is 44.5 Å². The zero-order valence-corrected chi connectivity index (χ0v) is 14.3. The molecule has 24 heavy (non-hydrogen) atoms. The fraction of sp³-hybridized carbons (Fsp3) is 0.529. The summed E-state index contributed by atoms with van der Waals surface area (Å²) in [5, 5.41) is 4.02. The van der Waals surface area contributed by atoms with Crippen LogP contribution in [0.25, 0.3) is 0 Å². The third-order valence-electron chi connectivity index (χ3n) is 3.58. The lowest BCUT2D eigenvalue weighted by atomic mass is 10.2. The summed E-state index contributed by atoms with van der Waals surface area (Å²) in [7, 11) is 0. The number of nitrogens with zero attached hydrogens (tertiary/aromatic N) is 1. The van der Waals surface area contributed by atoms with Crippen molar-refractivity contribution >= 4 is 12.1 Å². The molecule has 132 valence electrons. The molecule has 0 atom stereocenters. The van der Waals surface area contributed by atoms with Gasteiger partial charge in [0.1, 0.15) is 13.1 Å². The number of ether oxygens (including phenoxy) is 3. The van der Waals surface area contributed by atoms with Gasteiger partial charge in [-0.1, -0.05) is 0 Å². The molecular formula is C17H26N3O4+. The number of nitrogens with one attached hydrogen (secondary N) is 2. The van der Waals surface area contributed by atoms with Crippen molar-refractivity contribution in [2.24, 2.45) is 5.10 Å². The van der Waals surface area contributed by atoms with Crippen LogP contribution in [0.5, 0.6) is 11.5 Å². The number of amides is 1. The van der Waals surface area contributed by atoms with Gasteiger partial charge in [0.05, 0.1) is 32.6 Å². The molecule has 2 N–H and O–H groups in total. The molecule has 1 heterocycles. The summed E-state index contributed by atoms with van der Waals surface area (Å²) in [6, 6.07) is 5.56. The predicted octanol–water partition coefficient (Wildman–Crippen LogP) is -0.151. The number of rotatable bonds is 8. The molecule has 0 bridgehead atoms. The van der Waals surface area contributed by atoms with E-state index in [1.54, 1.807) is 6.21 Å². The third-order valence-corrected chi connectivity index (χ3v) is 3.58. The van der Waals surface area contributed by atoms with E-state index in [9.17, 15) is 4.79 Å². The largest absolute Gasteiger partial charge is 0.490 e. The number of carbonyl (C=O) groups excluding carboxylic acids is 1. The number of hydrogen-bond acceptors (Lipinski definition) is 5. The molecule has 1 saturated heterocycles. The van der Waals surface area contributed by atoms with Gasteiger partial charge in [0.25, 0.3) is 5.91 Å². The minimum absolute atomic E-state index is 0.0980. The van der Waals surface area contributed by atoms with E-state index >= 15 is 0 Å². The topological polar surface area (TPSA) is 73.6 Å². The van der Waals surface area contributed by atoms with Crippen LogP contribution < -0.4 is 19.8 Å². The second-order valence-corrected chi connectivity index (χ2v) is 5.40. The highest BCUT2D eigenvalue weighted by molar-refractivity contribution is 5.83. The molecule has 1 fully saturated rings. The van der Waals surface area contributed by atoms with Crippen molar-refractivity contribution in [2.45, 2.75) is 13.8 Å². The number of hydrogen-bond donors (Lipinski definition) is 2. The van der Waals surface area contributed by atoms with Crippen molar-refractivity contribution in [2.75, 3.05) is 46.1 Å². The lowest BCUT2D eigenvalue weighted by Crippen LogP contribution is -3.15. The lowest BCUT2D eigenvalue weighted by Gasteiger charge is -2.22. The van der Waals surface area contributed by atoms with Gasteiger partial charge in [-0.3, -0.25) is 4.79 Å². The zero-order chi connectivity index (χ0) is 17.2. The fourth-order valence-electron chi connectivity index (χ4n) is 2.43. The number of quaternary nitrogens is 1. The van der Waals surface area contributed by atoms with Crippen molar-refractivity contribution in [3.8, 4) is 11.5 Å². The van der Waals surface area contributed by atoms with Crippen molar-refractivity contribution < 1.29 is 23.9 Å². The first-order valence-corrected chi connectivity index (χ1v) is 8.35. The van der Waals surface area contributed by atoms with Crippen LogP contribution in [-0.4, -0.2) is 58.2 Å². The Hall–Kier alpha value is -2.12. The van der Waals surface area contributed by atoms with E-state index in [0.717, 1.165) is 18.7 Å². The van der Waals surface area contributed by atoms with Crippen molar-refractivity contribution in [3.63, 3.8) is 0 Å². The van der Waals surface area contributed by atoms with E-state index in [4.69, 9.17) is 14.2 Å². The highest BCUT2D eigenvalue weighted by Gasteiger charge is 2.17. The maximum absolute atomic E-state index is 11.9. The molecule has 1 aliphatic heterocycles. The Kier molecular flexibility index (Phi) is 7.51. The van der Waals surface area contributed by atoms with E-state index < -0.39 is 0 Å². The van der Waals surface area contributed by atoms with Crippen molar-refractivity contribution in [1.29, 1.82) is 0 Å². The second-order valence-electron chi connectivity index (χ2n) is 5.40. The second kappa shape index (κ2) is 9.89. The molecule has 0 spiro atoms. The van der Waals surface area contributed by atoms with Gasteiger partial charge in [0.15, 0.2) is 18.0 Å². The zero-order valence-electron chi connectivity index (χ0n) is 14.3. The van der Waals surface area contributed by atoms with E-state index in [1.165, 1.54) is 4.90 Å². The Balaban J connectivity index is 1.88. The molecule has 0 radical (unpaired) electrons. The van der Waals surface area contributed by atoms with Gasteiger partial charge in [-0.15, -0.1) is 0 Å². The monoisotopic (exact) mass is 336 g/mol. The Bertz CT molecular complexity index is 557. The molecule has 0 unspecified atom stereocenters. The quantitative estimate of drug-likeness (QED) is 0.511. The normalized spacial score (nSPS) is 15.4. The van der Waals surface area contributed by atoms with Gasteiger partial charge in [-0.05, 0) is 37.6 Å². The maximum Gasteiger partial charge on any atom is 0.295 e. The number of hydrazone groups is 1. The molecule has 0 saturated carbocycles. The molecule has 1 amide bonds. The first-order chi connectivity index (χ1) is 11.7. The Morgan fingerprint density at radius 3 is 2.67 bits per heavy atom. The van der Waals surface area contributed by atoms with Crippen LogP contribution in [0.1, 0.15) is 19.4 Å². The summed E-state index contributed by atoms with van der Waals surface area (Å²) in [6.45, 7) is 8.52. The lowest BCUT2D eigenvalue weighted by molar-refractivity contribution is -0.900. The van der Waals surface area contributed by atoms with Crippen molar-refractivity contribution in [3.05, 3.63) is 23.8 Å². The van der Waals surface area contributed by atoms with E-state index in [1.807, 2.05) is 32.0 Å². The van der Waals surface area contributed by atoms with E-state index in [-0.39, 0.29) is 5.91 Å². The molecular weight excluding hydrogens is 310 g/mol. The minimum Gasteiger partial charge on any atom is -0.490 e. The summed E-state index contributed by atoms with van der Waals surface area (Å²) in [5.74, 6) is 1.28. The predicted molar refractivity (Wildman–Crippen MR) is 90.9 cm³/mol. The van der Waals surface area contributed by atoms with Crippen LogP contribution in [0.2, 0.25) is 0 Å². The smallest absolute Gasteiger partial charge is 0.295 e. The third kappa shape index (κ3) is 5.82. The van der Waals surface area contributed by atoms with Gasteiger partial charge in [-0.2, -0.15) is 5.10 Å². The summed E-state index contributed by atoms with van der Waals surface area (Å²) in [6.07, 6.45) is 1.60. The summed E-state index contributed by atoms with van der Waals surface area (Å²) in [4.78, 5) is 13.1. The SMILES string of the molecule is CCOc1ccc(C=NNC(=O)C[NH+]2CCOCC2)cc1OCC. The highest BCUT2D eigenvalue weighted by Crippen LogP contribution is 2.27. The average molecular weight is 336 g/mol. The molecule has 7 heteroatoms. The standard InChI is InChI=1S/C17H25N3O4/c1-3-23-15-6-5-14(11-16(15)24-4-2)12-18-19-17(21)13-20-7-9-22-10-8-20/h5-6,11-12H,3-4,7-10,13H2,1-2H3,(H,19,21)/p+1. The summed E-state index contributed by atoms with van der Waals surface area (Å²) >= 11 is 0. The molecule has 1 aromatic carbocycles. The van der Waals surface area contributed by atoms with Gasteiger partial charge in [-0.25, -0.2) is 5.43 Å². The van der Waals surface area contributed by atoms with E-state index in [2.05, 4.69) is 10.5 Å². The highest BCUT2D eigenvalue weighted by atomic mass is 16.5. The van der Waals surface area contributed by atoms with Crippen LogP contribution in [0.3, 0.4) is 0 Å². The molecule has 1 aliphatic rings. The Morgan fingerprint density at radius 1 is 1.25 bits per heavy atom. The van der Waals surface area contributed by atoms with Crippen LogP contribution in [0.4, 0.5) is 0 Å². The molecule has 0 aromatic heterocycles. The molecule has 0 aliphatic carbocycles. The fourth-order valence-corrected chi connectivity index (χ4v) is 2.43. The molecule has 2 rings (SSSR count). The van der Waals surface area contributed by atoms with Gasteiger partial charge >= 0.3 is 0 Å². The first kappa shape index (κ1) is 18.2. The van der Waals surface area contributed by atoms with Crippen molar-refractivity contribution in [1.82, 2.24) is 5.43 Å². The summed E-state index contributed by atoms with van der Waals surface area (Å²) in [5.41, 5.74) is 3.40. The molecule has 1 aromatic rings. The number of benzene rings is 1. The number of morpholine rings is 1. The Labute approximate surface area is 142 Å².